The molecular weight excluding hydrogens is 462 g/mol. The van der Waals surface area contributed by atoms with Crippen molar-refractivity contribution in [1.82, 2.24) is 0 Å². The van der Waals surface area contributed by atoms with Gasteiger partial charge in [-0.05, 0) is 0 Å². The van der Waals surface area contributed by atoms with Crippen molar-refractivity contribution in [1.29, 1.82) is 0 Å². The summed E-state index contributed by atoms with van der Waals surface area (Å²) in [7, 11) is 0. The van der Waals surface area contributed by atoms with Crippen molar-refractivity contribution in [2.75, 3.05) is 0 Å². The second-order valence-corrected chi connectivity index (χ2v) is 5.92. The quantitative estimate of drug-likeness (QED) is 0.405. The van der Waals surface area contributed by atoms with Gasteiger partial charge in [-0.1, -0.05) is 0 Å². The van der Waals surface area contributed by atoms with Gasteiger partial charge in [0.15, 0.2) is 0 Å². The highest BCUT2D eigenvalue weighted by molar-refractivity contribution is 5.39. The molecule has 2 aliphatic rings. The molecule has 0 atom stereocenters. The Kier molecular flexibility index (Phi) is 3.75. The molecule has 18 heteroatoms. The number of rotatable bonds is 0. The third kappa shape index (κ3) is 1.46. The Morgan fingerprint density at radius 2 is 0.286 bits per heavy atom. The smallest absolute Gasteiger partial charge is 0.198 e. The normalized spacial score (nSPS) is 36.2. The molecule has 0 aromatic rings. The lowest BCUT2D eigenvalue weighted by Crippen LogP contribution is -2.88. The van der Waals surface area contributed by atoms with E-state index >= 15 is 0 Å². The van der Waals surface area contributed by atoms with E-state index < -0.39 is 58.7 Å². The summed E-state index contributed by atoms with van der Waals surface area (Å²) in [5.41, 5.74) is -8.66. The zero-order valence-corrected chi connectivity index (χ0v) is 11.8. The van der Waals surface area contributed by atoms with Crippen molar-refractivity contribution in [2.24, 2.45) is 5.41 Å². The van der Waals surface area contributed by atoms with Gasteiger partial charge >= 0.3 is 53.3 Å². The molecule has 2 rings (SSSR count). The Morgan fingerprint density at radius 3 is 0.429 bits per heavy atom. The highest BCUT2D eigenvalue weighted by atomic mass is 19.4. The van der Waals surface area contributed by atoms with Gasteiger partial charge in [0.25, 0.3) is 0 Å². The van der Waals surface area contributed by atoms with Gasteiger partial charge in [0.1, 0.15) is 0 Å². The summed E-state index contributed by atoms with van der Waals surface area (Å²) >= 11 is 0. The zero-order chi connectivity index (χ0) is 23.0. The number of alkyl halides is 18. The summed E-state index contributed by atoms with van der Waals surface area (Å²) in [6, 6.07) is 0. The first-order valence-corrected chi connectivity index (χ1v) is 6.15. The molecule has 0 saturated heterocycles. The van der Waals surface area contributed by atoms with E-state index in [1.54, 1.807) is 0 Å². The first kappa shape index (κ1) is 23.0. The van der Waals surface area contributed by atoms with Crippen LogP contribution in [0.5, 0.6) is 0 Å². The molecule has 0 bridgehead atoms. The van der Waals surface area contributed by atoms with Gasteiger partial charge in [0, 0.05) is 0 Å². The lowest BCUT2D eigenvalue weighted by Gasteiger charge is -2.57. The summed E-state index contributed by atoms with van der Waals surface area (Å²) in [5.74, 6) is -75.1. The summed E-state index contributed by atoms with van der Waals surface area (Å²) in [6.45, 7) is 0. The van der Waals surface area contributed by atoms with Crippen LogP contribution in [0.25, 0.3) is 0 Å². The van der Waals surface area contributed by atoms with Gasteiger partial charge in [-0.15, -0.1) is 0 Å². The summed E-state index contributed by atoms with van der Waals surface area (Å²) in [6.07, 6.45) is 0. The molecule has 0 N–H and O–H groups in total. The Hall–Kier alpha value is -1.26. The second kappa shape index (κ2) is 4.57. The van der Waals surface area contributed by atoms with E-state index in [9.17, 15) is 79.0 Å². The largest absolute Gasteiger partial charge is 0.384 e. The Morgan fingerprint density at radius 1 is 0.179 bits per heavy atom. The molecular formula is C10F18. The van der Waals surface area contributed by atoms with Crippen LogP contribution < -0.4 is 0 Å². The Bertz CT molecular complexity index is 639. The monoisotopic (exact) mass is 462 g/mol. The maximum absolute atomic E-state index is 13.7. The van der Waals surface area contributed by atoms with Crippen molar-refractivity contribution in [3.63, 3.8) is 0 Å². The molecule has 0 nitrogen and oxygen atoms in total. The Balaban J connectivity index is 3.24. The minimum absolute atomic E-state index is 8.07. The van der Waals surface area contributed by atoms with Gasteiger partial charge < -0.3 is 0 Å². The van der Waals surface area contributed by atoms with E-state index in [1.807, 2.05) is 0 Å². The standard InChI is InChI=1S/C10F18/c11-2(12)1(3(13,14)7(21,22)6(2,19)20)4(15,16)8(23,24)10(27,28)9(25,26)5(1,17)18. The summed E-state index contributed by atoms with van der Waals surface area (Å²) in [5, 5.41) is 0. The predicted molar refractivity (Wildman–Crippen MR) is 47.0 cm³/mol. The van der Waals surface area contributed by atoms with Gasteiger partial charge in [-0.25, -0.2) is 0 Å². The molecule has 0 aliphatic heterocycles. The minimum Gasteiger partial charge on any atom is -0.198 e. The molecule has 0 aromatic heterocycles. The van der Waals surface area contributed by atoms with Crippen molar-refractivity contribution in [3.05, 3.63) is 0 Å². The van der Waals surface area contributed by atoms with Crippen LogP contribution in [0.3, 0.4) is 0 Å². The van der Waals surface area contributed by atoms with Crippen LogP contribution in [0.1, 0.15) is 0 Å². The highest BCUT2D eigenvalue weighted by Crippen LogP contribution is 2.85. The average molecular weight is 462 g/mol. The molecule has 1 spiro atoms. The van der Waals surface area contributed by atoms with E-state index in [4.69, 9.17) is 0 Å². The van der Waals surface area contributed by atoms with Crippen LogP contribution in [0.4, 0.5) is 79.0 Å². The molecule has 2 aliphatic carbocycles. The predicted octanol–water partition coefficient (Wildman–Crippen LogP) is 5.72. The molecule has 0 amide bonds. The summed E-state index contributed by atoms with van der Waals surface area (Å²) in [4.78, 5) is 0. The third-order valence-electron chi connectivity index (χ3n) is 4.64. The van der Waals surface area contributed by atoms with Crippen LogP contribution in [-0.4, -0.2) is 53.3 Å². The van der Waals surface area contributed by atoms with Gasteiger partial charge in [0.05, 0.1) is 0 Å². The van der Waals surface area contributed by atoms with E-state index in [0.29, 0.717) is 0 Å². The van der Waals surface area contributed by atoms with Gasteiger partial charge in [0.2, 0.25) is 5.41 Å². The third-order valence-corrected chi connectivity index (χ3v) is 4.64. The molecule has 0 radical (unpaired) electrons. The fourth-order valence-electron chi connectivity index (χ4n) is 3.11. The maximum Gasteiger partial charge on any atom is 0.384 e. The molecule has 0 unspecified atom stereocenters. The molecule has 2 saturated carbocycles. The first-order chi connectivity index (χ1) is 11.8. The van der Waals surface area contributed by atoms with E-state index in [1.165, 1.54) is 0 Å². The lowest BCUT2D eigenvalue weighted by molar-refractivity contribution is -0.532. The van der Waals surface area contributed by atoms with Crippen molar-refractivity contribution >= 4 is 0 Å². The molecule has 0 aromatic carbocycles. The van der Waals surface area contributed by atoms with Gasteiger partial charge in [-0.3, -0.25) is 0 Å². The zero-order valence-electron chi connectivity index (χ0n) is 11.8. The average Bonchev–Trinajstić information content (AvgIpc) is 2.49. The lowest BCUT2D eigenvalue weighted by atomic mass is 9.59. The highest BCUT2D eigenvalue weighted by Gasteiger charge is 3.16. The molecule has 2 fully saturated rings. The van der Waals surface area contributed by atoms with Crippen LogP contribution in [-0.2, 0) is 0 Å². The molecule has 166 valence electrons. The second-order valence-electron chi connectivity index (χ2n) is 5.92. The van der Waals surface area contributed by atoms with Crippen molar-refractivity contribution in [2.45, 2.75) is 53.3 Å². The maximum atomic E-state index is 13.7. The van der Waals surface area contributed by atoms with E-state index in [-0.39, 0.29) is 0 Å². The van der Waals surface area contributed by atoms with Crippen LogP contribution in [0, 0.1) is 5.41 Å². The van der Waals surface area contributed by atoms with Gasteiger partial charge in [-0.2, -0.15) is 79.0 Å². The summed E-state index contributed by atoms with van der Waals surface area (Å²) < 4.78 is 240. The fraction of sp³-hybridized carbons (Fsp3) is 1.00. The minimum atomic E-state index is -8.66. The van der Waals surface area contributed by atoms with E-state index in [2.05, 4.69) is 0 Å². The first-order valence-electron chi connectivity index (χ1n) is 6.15. The molecule has 0 heterocycles. The van der Waals surface area contributed by atoms with Crippen LogP contribution in [0.15, 0.2) is 0 Å². The van der Waals surface area contributed by atoms with E-state index in [0.717, 1.165) is 0 Å². The van der Waals surface area contributed by atoms with Crippen molar-refractivity contribution < 1.29 is 79.0 Å². The Labute approximate surface area is 139 Å². The topological polar surface area (TPSA) is 0 Å². The number of hydrogen-bond donors (Lipinski definition) is 0. The van der Waals surface area contributed by atoms with Crippen molar-refractivity contribution in [3.8, 4) is 0 Å². The SMILES string of the molecule is FC1(F)C(F)(F)C(F)(F)C2(C(F)(F)C1(F)F)C(F)(F)C(F)(F)C(F)(F)C2(F)F. The number of halogens is 18. The van der Waals surface area contributed by atoms with Crippen LogP contribution >= 0.6 is 0 Å². The number of hydrogen-bond acceptors (Lipinski definition) is 0. The fourth-order valence-corrected chi connectivity index (χ4v) is 3.11. The molecule has 28 heavy (non-hydrogen) atoms. The van der Waals surface area contributed by atoms with Crippen LogP contribution in [0.2, 0.25) is 0 Å².